The SMILES string of the molecule is O=C(O)Cc1c(CC(=O)O)c(CC(=O)O)c2cc3ccccc3cc2c1CC(=O)O. The summed E-state index contributed by atoms with van der Waals surface area (Å²) < 4.78 is 0. The number of rotatable bonds is 8. The minimum Gasteiger partial charge on any atom is -0.481 e. The second kappa shape index (κ2) is 8.20. The van der Waals surface area contributed by atoms with Gasteiger partial charge in [-0.2, -0.15) is 0 Å². The van der Waals surface area contributed by atoms with Gasteiger partial charge in [0.15, 0.2) is 0 Å². The highest BCUT2D eigenvalue weighted by molar-refractivity contribution is 6.04. The van der Waals surface area contributed by atoms with Gasteiger partial charge in [0.2, 0.25) is 0 Å². The summed E-state index contributed by atoms with van der Waals surface area (Å²) in [5, 5.41) is 40.0. The summed E-state index contributed by atoms with van der Waals surface area (Å²) in [6, 6.07) is 10.6. The number of carbonyl (C=O) groups is 4. The summed E-state index contributed by atoms with van der Waals surface area (Å²) in [5.74, 6) is -4.95. The Morgan fingerprint density at radius 1 is 0.533 bits per heavy atom. The summed E-state index contributed by atoms with van der Waals surface area (Å²) >= 11 is 0. The highest BCUT2D eigenvalue weighted by Gasteiger charge is 2.25. The van der Waals surface area contributed by atoms with E-state index in [0.29, 0.717) is 10.8 Å². The number of benzene rings is 3. The molecule has 8 heteroatoms. The molecule has 0 heterocycles. The summed E-state index contributed by atoms with van der Waals surface area (Å²) in [5.41, 5.74) is 0.477. The second-order valence-electron chi connectivity index (χ2n) is 6.94. The van der Waals surface area contributed by atoms with Gasteiger partial charge in [0.1, 0.15) is 0 Å². The molecule has 8 nitrogen and oxygen atoms in total. The zero-order valence-electron chi connectivity index (χ0n) is 15.7. The summed E-state index contributed by atoms with van der Waals surface area (Å²) in [4.78, 5) is 46.1. The van der Waals surface area contributed by atoms with Gasteiger partial charge < -0.3 is 20.4 Å². The van der Waals surface area contributed by atoms with Gasteiger partial charge in [-0.3, -0.25) is 19.2 Å². The lowest BCUT2D eigenvalue weighted by atomic mass is 9.83. The van der Waals surface area contributed by atoms with Crippen molar-refractivity contribution >= 4 is 45.4 Å². The molecule has 0 aromatic heterocycles. The zero-order valence-corrected chi connectivity index (χ0v) is 15.7. The molecule has 0 fully saturated rings. The Hall–Kier alpha value is -3.94. The molecular formula is C22H18O8. The molecule has 0 radical (unpaired) electrons. The fourth-order valence-electron chi connectivity index (χ4n) is 3.86. The molecule has 0 amide bonds. The first-order valence-electron chi connectivity index (χ1n) is 9.02. The van der Waals surface area contributed by atoms with E-state index in [4.69, 9.17) is 0 Å². The van der Waals surface area contributed by atoms with Gasteiger partial charge in [-0.15, -0.1) is 0 Å². The molecule has 0 atom stereocenters. The standard InChI is InChI=1S/C22H18O8/c23-19(24)7-15-13-5-11-3-1-2-4-12(11)6-14(13)16(8-20(25)26)18(10-22(29)30)17(15)9-21(27)28/h1-6H,7-10H2,(H,23,24)(H,25,26)(H,27,28)(H,29,30). The Kier molecular flexibility index (Phi) is 5.68. The molecule has 3 rings (SSSR count). The van der Waals surface area contributed by atoms with Gasteiger partial charge in [-0.1, -0.05) is 24.3 Å². The van der Waals surface area contributed by atoms with Crippen LogP contribution in [-0.2, 0) is 44.9 Å². The van der Waals surface area contributed by atoms with Gasteiger partial charge in [-0.05, 0) is 55.9 Å². The Labute approximate surface area is 170 Å². The van der Waals surface area contributed by atoms with Crippen molar-refractivity contribution in [1.29, 1.82) is 0 Å². The second-order valence-corrected chi connectivity index (χ2v) is 6.94. The summed E-state index contributed by atoms with van der Waals surface area (Å²) in [6.45, 7) is 0. The Balaban J connectivity index is 2.54. The fraction of sp³-hybridized carbons (Fsp3) is 0.182. The lowest BCUT2D eigenvalue weighted by Crippen LogP contribution is -2.17. The van der Waals surface area contributed by atoms with Crippen LogP contribution in [0.5, 0.6) is 0 Å². The first kappa shape index (κ1) is 20.8. The van der Waals surface area contributed by atoms with Gasteiger partial charge in [0.05, 0.1) is 25.7 Å². The predicted octanol–water partition coefficient (Wildman–Crippen LogP) is 2.50. The molecule has 3 aromatic carbocycles. The van der Waals surface area contributed by atoms with Gasteiger partial charge in [0, 0.05) is 0 Å². The van der Waals surface area contributed by atoms with Crippen molar-refractivity contribution in [2.24, 2.45) is 0 Å². The van der Waals surface area contributed by atoms with E-state index in [1.807, 2.05) is 0 Å². The monoisotopic (exact) mass is 410 g/mol. The van der Waals surface area contributed by atoms with E-state index in [0.717, 1.165) is 10.8 Å². The quantitative estimate of drug-likeness (QED) is 0.414. The fourth-order valence-corrected chi connectivity index (χ4v) is 3.86. The highest BCUT2D eigenvalue weighted by Crippen LogP contribution is 2.35. The molecule has 0 bridgehead atoms. The first-order chi connectivity index (χ1) is 14.2. The maximum atomic E-state index is 11.6. The normalized spacial score (nSPS) is 10.9. The van der Waals surface area contributed by atoms with Crippen molar-refractivity contribution < 1.29 is 39.6 Å². The average molecular weight is 410 g/mol. The molecule has 0 saturated carbocycles. The molecule has 4 N–H and O–H groups in total. The predicted molar refractivity (Wildman–Crippen MR) is 107 cm³/mol. The van der Waals surface area contributed by atoms with Crippen LogP contribution in [0.3, 0.4) is 0 Å². The third-order valence-corrected chi connectivity index (χ3v) is 4.94. The van der Waals surface area contributed by atoms with Crippen molar-refractivity contribution in [2.45, 2.75) is 25.7 Å². The molecule has 3 aromatic rings. The van der Waals surface area contributed by atoms with E-state index in [9.17, 15) is 39.6 Å². The van der Waals surface area contributed by atoms with E-state index >= 15 is 0 Å². The summed E-state index contributed by atoms with van der Waals surface area (Å²) in [6.07, 6.45) is -2.25. The number of carboxylic acids is 4. The first-order valence-corrected chi connectivity index (χ1v) is 9.02. The van der Waals surface area contributed by atoms with Crippen molar-refractivity contribution in [2.75, 3.05) is 0 Å². The van der Waals surface area contributed by atoms with Crippen LogP contribution in [0.4, 0.5) is 0 Å². The minimum atomic E-state index is -1.27. The smallest absolute Gasteiger partial charge is 0.307 e. The Morgan fingerprint density at radius 2 is 0.833 bits per heavy atom. The maximum Gasteiger partial charge on any atom is 0.307 e. The van der Waals surface area contributed by atoms with Crippen molar-refractivity contribution in [3.8, 4) is 0 Å². The van der Waals surface area contributed by atoms with Gasteiger partial charge in [0.25, 0.3) is 0 Å². The van der Waals surface area contributed by atoms with Crippen LogP contribution in [0.15, 0.2) is 36.4 Å². The van der Waals surface area contributed by atoms with Crippen LogP contribution in [0.2, 0.25) is 0 Å². The minimum absolute atomic E-state index is 0.0475. The number of carboxylic acid groups (broad SMARTS) is 4. The maximum absolute atomic E-state index is 11.6. The van der Waals surface area contributed by atoms with Crippen molar-refractivity contribution in [3.63, 3.8) is 0 Å². The van der Waals surface area contributed by atoms with Crippen LogP contribution in [0, 0.1) is 0 Å². The third kappa shape index (κ3) is 4.22. The highest BCUT2D eigenvalue weighted by atomic mass is 16.4. The molecule has 0 unspecified atom stereocenters. The molecule has 0 aliphatic rings. The van der Waals surface area contributed by atoms with E-state index in [1.165, 1.54) is 0 Å². The van der Waals surface area contributed by atoms with Crippen LogP contribution in [-0.4, -0.2) is 44.3 Å². The van der Waals surface area contributed by atoms with Crippen molar-refractivity contribution in [1.82, 2.24) is 0 Å². The average Bonchev–Trinajstić information content (AvgIpc) is 2.64. The molecule has 0 aliphatic heterocycles. The van der Waals surface area contributed by atoms with Crippen molar-refractivity contribution in [3.05, 3.63) is 58.7 Å². The molecule has 0 spiro atoms. The lowest BCUT2D eigenvalue weighted by Gasteiger charge is -2.21. The number of aliphatic carboxylic acids is 4. The van der Waals surface area contributed by atoms with Gasteiger partial charge >= 0.3 is 23.9 Å². The largest absolute Gasteiger partial charge is 0.481 e. The van der Waals surface area contributed by atoms with Gasteiger partial charge in [-0.25, -0.2) is 0 Å². The molecule has 154 valence electrons. The Bertz CT molecular complexity index is 1110. The van der Waals surface area contributed by atoms with Crippen LogP contribution >= 0.6 is 0 Å². The van der Waals surface area contributed by atoms with E-state index in [-0.39, 0.29) is 22.3 Å². The number of hydrogen-bond acceptors (Lipinski definition) is 4. The number of fused-ring (bicyclic) bond motifs is 2. The third-order valence-electron chi connectivity index (χ3n) is 4.94. The van der Waals surface area contributed by atoms with Crippen LogP contribution in [0.25, 0.3) is 21.5 Å². The van der Waals surface area contributed by atoms with E-state index in [1.54, 1.807) is 36.4 Å². The topological polar surface area (TPSA) is 149 Å². The molecule has 0 aliphatic carbocycles. The lowest BCUT2D eigenvalue weighted by molar-refractivity contribution is -0.138. The number of hydrogen-bond donors (Lipinski definition) is 4. The molecule has 0 saturated heterocycles. The molecule has 30 heavy (non-hydrogen) atoms. The summed E-state index contributed by atoms with van der Waals surface area (Å²) in [7, 11) is 0. The zero-order chi connectivity index (χ0) is 22.0. The Morgan fingerprint density at radius 3 is 1.13 bits per heavy atom. The van der Waals surface area contributed by atoms with E-state index in [2.05, 4.69) is 0 Å². The van der Waals surface area contributed by atoms with Crippen LogP contribution < -0.4 is 0 Å². The van der Waals surface area contributed by atoms with Crippen LogP contribution in [0.1, 0.15) is 22.3 Å². The molecular weight excluding hydrogens is 392 g/mol. The van der Waals surface area contributed by atoms with E-state index < -0.39 is 49.6 Å².